The fourth-order valence-electron chi connectivity index (χ4n) is 4.08. The summed E-state index contributed by atoms with van der Waals surface area (Å²) < 4.78 is 12.6. The van der Waals surface area contributed by atoms with Crippen molar-refractivity contribution in [2.45, 2.75) is 25.8 Å². The minimum absolute atomic E-state index is 0.116. The van der Waals surface area contributed by atoms with Crippen LogP contribution in [0.15, 0.2) is 28.8 Å². The highest BCUT2D eigenvalue weighted by atomic mass is 16.5. The van der Waals surface area contributed by atoms with Crippen molar-refractivity contribution < 1.29 is 13.9 Å². The number of nitrogen functional groups attached to an aromatic ring is 1. The van der Waals surface area contributed by atoms with Crippen LogP contribution < -0.4 is 5.73 Å². The summed E-state index contributed by atoms with van der Waals surface area (Å²) in [5, 5.41) is 10.3. The molecule has 0 saturated heterocycles. The topological polar surface area (TPSA) is 97.4 Å². The molecule has 0 bridgehead atoms. The molecule has 4 rings (SSSR count). The van der Waals surface area contributed by atoms with Crippen LogP contribution in [0.5, 0.6) is 0 Å². The highest BCUT2D eigenvalue weighted by Crippen LogP contribution is 2.42. The Kier molecular flexibility index (Phi) is 4.16. The Morgan fingerprint density at radius 1 is 1.39 bits per heavy atom. The molecule has 2 aromatic heterocycles. The van der Waals surface area contributed by atoms with Crippen molar-refractivity contribution in [1.82, 2.24) is 9.47 Å². The van der Waals surface area contributed by atoms with Crippen molar-refractivity contribution in [2.75, 3.05) is 26.4 Å². The van der Waals surface area contributed by atoms with Crippen molar-refractivity contribution in [2.24, 2.45) is 0 Å². The minimum Gasteiger partial charge on any atom is -0.464 e. The van der Waals surface area contributed by atoms with Gasteiger partial charge in [0.2, 0.25) is 0 Å². The number of fused-ring (bicyclic) bond motifs is 3. The smallest absolute Gasteiger partial charge is 0.357 e. The van der Waals surface area contributed by atoms with Crippen LogP contribution in [0, 0.1) is 11.3 Å². The van der Waals surface area contributed by atoms with E-state index in [4.69, 9.17) is 14.9 Å². The van der Waals surface area contributed by atoms with Crippen LogP contribution in [0.3, 0.4) is 0 Å². The summed E-state index contributed by atoms with van der Waals surface area (Å²) in [5.41, 5.74) is 9.21. The summed E-state index contributed by atoms with van der Waals surface area (Å²) in [6.07, 6.45) is 1.56. The number of furan rings is 1. The predicted molar refractivity (Wildman–Crippen MR) is 105 cm³/mol. The highest BCUT2D eigenvalue weighted by molar-refractivity contribution is 5.96. The van der Waals surface area contributed by atoms with Gasteiger partial charge in [-0.1, -0.05) is 6.92 Å². The van der Waals surface area contributed by atoms with Gasteiger partial charge >= 0.3 is 5.97 Å². The maximum atomic E-state index is 12.3. The lowest BCUT2D eigenvalue weighted by Crippen LogP contribution is -2.31. The molecule has 2 unspecified atom stereocenters. The molecule has 3 aromatic rings. The van der Waals surface area contributed by atoms with Gasteiger partial charge in [0.25, 0.3) is 0 Å². The lowest BCUT2D eigenvalue weighted by Gasteiger charge is -2.33. The number of methoxy groups -OCH3 is 1. The zero-order valence-electron chi connectivity index (χ0n) is 16.3. The van der Waals surface area contributed by atoms with Crippen LogP contribution in [0.25, 0.3) is 16.7 Å². The van der Waals surface area contributed by atoms with Crippen LogP contribution in [-0.2, 0) is 4.74 Å². The molecule has 28 heavy (non-hydrogen) atoms. The average molecular weight is 378 g/mol. The summed E-state index contributed by atoms with van der Waals surface area (Å²) >= 11 is 0. The van der Waals surface area contributed by atoms with Gasteiger partial charge in [-0.25, -0.2) is 4.79 Å². The second-order valence-corrected chi connectivity index (χ2v) is 7.36. The maximum Gasteiger partial charge on any atom is 0.357 e. The Morgan fingerprint density at radius 2 is 2.14 bits per heavy atom. The number of nitrogens with two attached hydrogens (primary N) is 1. The number of carbonyl (C=O) groups is 1. The van der Waals surface area contributed by atoms with Crippen molar-refractivity contribution in [3.05, 3.63) is 47.0 Å². The number of esters is 1. The first kappa shape index (κ1) is 18.1. The Hall–Kier alpha value is -3.24. The van der Waals surface area contributed by atoms with E-state index in [1.54, 1.807) is 10.8 Å². The van der Waals surface area contributed by atoms with Crippen molar-refractivity contribution >= 4 is 22.6 Å². The summed E-state index contributed by atoms with van der Waals surface area (Å²) in [6, 6.07) is 7.97. The Balaban J connectivity index is 1.95. The first-order valence-electron chi connectivity index (χ1n) is 9.13. The van der Waals surface area contributed by atoms with Gasteiger partial charge in [-0.3, -0.25) is 4.90 Å². The standard InChI is InChI=1S/C21H22N4O3/c1-11-9-24(3)12(2)17-15-7-14(5-6-16(15)28-20(11)17)25-10-13(8-22)18(23)19(25)21(26)27-4/h5-7,10-12H,9,23H2,1-4H3. The van der Waals surface area contributed by atoms with E-state index in [1.165, 1.54) is 12.7 Å². The van der Waals surface area contributed by atoms with Crippen LogP contribution in [-0.4, -0.2) is 36.1 Å². The number of likely N-dealkylation sites (N-methyl/N-ethyl adjacent to an activating group) is 1. The highest BCUT2D eigenvalue weighted by Gasteiger charge is 2.32. The van der Waals surface area contributed by atoms with E-state index < -0.39 is 5.97 Å². The number of anilines is 1. The number of nitrogens with zero attached hydrogens (tertiary/aromatic N) is 3. The van der Waals surface area contributed by atoms with E-state index in [9.17, 15) is 10.1 Å². The number of hydrogen-bond acceptors (Lipinski definition) is 6. The third-order valence-electron chi connectivity index (χ3n) is 5.65. The Labute approximate surface area is 162 Å². The second kappa shape index (κ2) is 6.43. The molecule has 144 valence electrons. The van der Waals surface area contributed by atoms with E-state index >= 15 is 0 Å². The molecule has 0 radical (unpaired) electrons. The Morgan fingerprint density at radius 3 is 2.82 bits per heavy atom. The van der Waals surface area contributed by atoms with Crippen molar-refractivity contribution in [1.29, 1.82) is 5.26 Å². The number of carbonyl (C=O) groups excluding carboxylic acids is 1. The zero-order chi connectivity index (χ0) is 20.2. The molecule has 2 atom stereocenters. The molecule has 1 aromatic carbocycles. The second-order valence-electron chi connectivity index (χ2n) is 7.36. The van der Waals surface area contributed by atoms with E-state index in [0.717, 1.165) is 29.0 Å². The molecule has 0 amide bonds. The van der Waals surface area contributed by atoms with Crippen molar-refractivity contribution in [3.8, 4) is 11.8 Å². The van der Waals surface area contributed by atoms with E-state index in [1.807, 2.05) is 24.3 Å². The molecule has 0 saturated carbocycles. The van der Waals surface area contributed by atoms with Crippen LogP contribution in [0.2, 0.25) is 0 Å². The quantitative estimate of drug-likeness (QED) is 0.685. The van der Waals surface area contributed by atoms with E-state index in [2.05, 4.69) is 25.8 Å². The molecule has 7 nitrogen and oxygen atoms in total. The largest absolute Gasteiger partial charge is 0.464 e. The first-order chi connectivity index (χ1) is 13.4. The third-order valence-corrected chi connectivity index (χ3v) is 5.65. The number of hydrogen-bond donors (Lipinski definition) is 1. The van der Waals surface area contributed by atoms with Gasteiger partial charge in [0, 0.05) is 41.3 Å². The van der Waals surface area contributed by atoms with Crippen molar-refractivity contribution in [3.63, 3.8) is 0 Å². The van der Waals surface area contributed by atoms with Gasteiger partial charge < -0.3 is 19.5 Å². The molecule has 0 fully saturated rings. The molecule has 0 aliphatic carbocycles. The van der Waals surface area contributed by atoms with Crippen LogP contribution in [0.4, 0.5) is 5.69 Å². The Bertz CT molecular complexity index is 1130. The number of rotatable bonds is 2. The number of ether oxygens (including phenoxy) is 1. The maximum absolute atomic E-state index is 12.3. The third kappa shape index (κ3) is 2.49. The molecule has 1 aliphatic rings. The van der Waals surface area contributed by atoms with Gasteiger partial charge in [0.1, 0.15) is 17.4 Å². The fraction of sp³-hybridized carbons (Fsp3) is 0.333. The monoisotopic (exact) mass is 378 g/mol. The van der Waals surface area contributed by atoms with Gasteiger partial charge in [0.15, 0.2) is 5.69 Å². The first-order valence-corrected chi connectivity index (χ1v) is 9.13. The molecular weight excluding hydrogens is 356 g/mol. The number of nitriles is 1. The lowest BCUT2D eigenvalue weighted by molar-refractivity contribution is 0.0593. The number of benzene rings is 1. The summed E-state index contributed by atoms with van der Waals surface area (Å²) in [6.45, 7) is 5.26. The zero-order valence-corrected chi connectivity index (χ0v) is 16.3. The number of aromatic nitrogens is 1. The molecular formula is C21H22N4O3. The lowest BCUT2D eigenvalue weighted by atomic mass is 9.92. The molecule has 1 aliphatic heterocycles. The summed E-state index contributed by atoms with van der Waals surface area (Å²) in [4.78, 5) is 14.6. The molecule has 0 spiro atoms. The predicted octanol–water partition coefficient (Wildman–Crippen LogP) is 3.57. The molecule has 7 heteroatoms. The van der Waals surface area contributed by atoms with E-state index in [0.29, 0.717) is 5.92 Å². The van der Waals surface area contributed by atoms with Gasteiger partial charge in [0.05, 0.1) is 18.4 Å². The van der Waals surface area contributed by atoms with Crippen LogP contribution in [0.1, 0.15) is 53.2 Å². The average Bonchev–Trinajstić information content (AvgIpc) is 3.23. The molecule has 2 N–H and O–H groups in total. The SMILES string of the molecule is COC(=O)c1c(N)c(C#N)cn1-c1ccc2oc3c(c2c1)C(C)N(C)CC3C. The van der Waals surface area contributed by atoms with Gasteiger partial charge in [-0.15, -0.1) is 0 Å². The normalized spacial score (nSPS) is 19.4. The van der Waals surface area contributed by atoms with Gasteiger partial charge in [-0.05, 0) is 32.2 Å². The van der Waals surface area contributed by atoms with E-state index in [-0.39, 0.29) is 23.0 Å². The summed E-state index contributed by atoms with van der Waals surface area (Å²) in [5.74, 6) is 0.718. The van der Waals surface area contributed by atoms with Gasteiger partial charge in [-0.2, -0.15) is 5.26 Å². The minimum atomic E-state index is -0.588. The summed E-state index contributed by atoms with van der Waals surface area (Å²) in [7, 11) is 3.40. The fourth-order valence-corrected chi connectivity index (χ4v) is 4.08. The molecule has 3 heterocycles. The van der Waals surface area contributed by atoms with Crippen LogP contribution >= 0.6 is 0 Å².